The number of anilines is 1. The monoisotopic (exact) mass is 280 g/mol. The number of hydrogen-bond donors (Lipinski definition) is 1. The van der Waals surface area contributed by atoms with E-state index < -0.39 is 0 Å². The number of rotatable bonds is 10. The number of ether oxygens (including phenoxy) is 2. The van der Waals surface area contributed by atoms with Crippen LogP contribution in [0.15, 0.2) is 24.3 Å². The van der Waals surface area contributed by atoms with Crippen molar-refractivity contribution in [2.45, 2.75) is 26.4 Å². The van der Waals surface area contributed by atoms with Crippen molar-refractivity contribution in [3.63, 3.8) is 0 Å². The third-order valence-electron chi connectivity index (χ3n) is 3.38. The molecule has 0 heterocycles. The van der Waals surface area contributed by atoms with Gasteiger partial charge in [0.25, 0.3) is 0 Å². The van der Waals surface area contributed by atoms with Crippen molar-refractivity contribution < 1.29 is 9.47 Å². The number of nitrogens with zero attached hydrogens (tertiary/aromatic N) is 1. The van der Waals surface area contributed by atoms with Gasteiger partial charge in [0.15, 0.2) is 0 Å². The summed E-state index contributed by atoms with van der Waals surface area (Å²) in [4.78, 5) is 2.39. The second kappa shape index (κ2) is 9.75. The highest BCUT2D eigenvalue weighted by Crippen LogP contribution is 2.22. The minimum absolute atomic E-state index is 0.366. The second-order valence-electron chi connectivity index (χ2n) is 4.89. The standard InChI is InChI=1S/C16H28N2O2/c1-5-18(14(2)13-20-4)16-9-7-6-8-15(16)12-17-10-11-19-3/h6-9,14,17H,5,10-13H2,1-4H3. The van der Waals surface area contributed by atoms with E-state index in [2.05, 4.69) is 48.3 Å². The largest absolute Gasteiger partial charge is 0.383 e. The van der Waals surface area contributed by atoms with E-state index in [1.54, 1.807) is 14.2 Å². The minimum atomic E-state index is 0.366. The molecule has 4 nitrogen and oxygen atoms in total. The van der Waals surface area contributed by atoms with Gasteiger partial charge in [-0.3, -0.25) is 0 Å². The summed E-state index contributed by atoms with van der Waals surface area (Å²) in [6, 6.07) is 8.91. The normalized spacial score (nSPS) is 12.4. The van der Waals surface area contributed by atoms with Gasteiger partial charge in [-0.15, -0.1) is 0 Å². The molecule has 1 atom stereocenters. The predicted octanol–water partition coefficient (Wildman–Crippen LogP) is 2.28. The zero-order chi connectivity index (χ0) is 14.8. The zero-order valence-electron chi connectivity index (χ0n) is 13.2. The number of hydrogen-bond acceptors (Lipinski definition) is 4. The fraction of sp³-hybridized carbons (Fsp3) is 0.625. The molecule has 1 N–H and O–H groups in total. The molecule has 0 spiro atoms. The Labute approximate surface area is 123 Å². The Bertz CT molecular complexity index is 371. The molecular formula is C16H28N2O2. The van der Waals surface area contributed by atoms with Crippen molar-refractivity contribution in [3.8, 4) is 0 Å². The molecule has 0 aliphatic heterocycles. The molecule has 114 valence electrons. The Hall–Kier alpha value is -1.10. The van der Waals surface area contributed by atoms with Gasteiger partial charge in [-0.05, 0) is 25.5 Å². The lowest BCUT2D eigenvalue weighted by Crippen LogP contribution is -2.37. The number of methoxy groups -OCH3 is 2. The Balaban J connectivity index is 2.76. The van der Waals surface area contributed by atoms with Crippen LogP contribution in [0.3, 0.4) is 0 Å². The van der Waals surface area contributed by atoms with Gasteiger partial charge >= 0.3 is 0 Å². The zero-order valence-corrected chi connectivity index (χ0v) is 13.2. The van der Waals surface area contributed by atoms with Crippen molar-refractivity contribution >= 4 is 5.69 Å². The molecule has 0 aliphatic rings. The van der Waals surface area contributed by atoms with Crippen LogP contribution < -0.4 is 10.2 Å². The molecule has 0 radical (unpaired) electrons. The molecule has 20 heavy (non-hydrogen) atoms. The van der Waals surface area contributed by atoms with E-state index in [0.717, 1.165) is 32.8 Å². The molecule has 0 saturated heterocycles. The van der Waals surface area contributed by atoms with Crippen molar-refractivity contribution in [1.82, 2.24) is 5.32 Å². The first-order chi connectivity index (χ1) is 9.74. The minimum Gasteiger partial charge on any atom is -0.383 e. The van der Waals surface area contributed by atoms with E-state index in [4.69, 9.17) is 9.47 Å². The summed E-state index contributed by atoms with van der Waals surface area (Å²) >= 11 is 0. The predicted molar refractivity (Wildman–Crippen MR) is 84.4 cm³/mol. The van der Waals surface area contributed by atoms with Crippen LogP contribution >= 0.6 is 0 Å². The maximum absolute atomic E-state index is 5.29. The van der Waals surface area contributed by atoms with Gasteiger partial charge in [0.2, 0.25) is 0 Å². The average Bonchev–Trinajstić information content (AvgIpc) is 2.46. The molecule has 0 amide bonds. The van der Waals surface area contributed by atoms with Gasteiger partial charge < -0.3 is 19.7 Å². The van der Waals surface area contributed by atoms with Crippen molar-refractivity contribution in [2.75, 3.05) is 45.4 Å². The van der Waals surface area contributed by atoms with E-state index in [1.165, 1.54) is 11.3 Å². The Morgan fingerprint density at radius 3 is 2.60 bits per heavy atom. The van der Waals surface area contributed by atoms with Gasteiger partial charge in [0.1, 0.15) is 0 Å². The van der Waals surface area contributed by atoms with Crippen LogP contribution in [0.5, 0.6) is 0 Å². The van der Waals surface area contributed by atoms with Crippen LogP contribution in [0.25, 0.3) is 0 Å². The number of para-hydroxylation sites is 1. The van der Waals surface area contributed by atoms with Crippen LogP contribution in [0.4, 0.5) is 5.69 Å². The van der Waals surface area contributed by atoms with Gasteiger partial charge in [-0.25, -0.2) is 0 Å². The van der Waals surface area contributed by atoms with Crippen molar-refractivity contribution in [1.29, 1.82) is 0 Å². The molecule has 0 saturated carbocycles. The smallest absolute Gasteiger partial charge is 0.0663 e. The topological polar surface area (TPSA) is 33.7 Å². The Morgan fingerprint density at radius 2 is 1.95 bits per heavy atom. The molecule has 0 fully saturated rings. The molecule has 4 heteroatoms. The van der Waals surface area contributed by atoms with Crippen molar-refractivity contribution in [2.24, 2.45) is 0 Å². The highest BCUT2D eigenvalue weighted by molar-refractivity contribution is 5.54. The molecule has 0 aromatic heterocycles. The van der Waals surface area contributed by atoms with Gasteiger partial charge in [0.05, 0.1) is 13.2 Å². The lowest BCUT2D eigenvalue weighted by molar-refractivity contribution is 0.182. The number of benzene rings is 1. The first kappa shape index (κ1) is 17.0. The highest BCUT2D eigenvalue weighted by atomic mass is 16.5. The van der Waals surface area contributed by atoms with Crippen LogP contribution in [-0.4, -0.2) is 46.6 Å². The van der Waals surface area contributed by atoms with E-state index in [9.17, 15) is 0 Å². The molecule has 0 aliphatic carbocycles. The van der Waals surface area contributed by atoms with Gasteiger partial charge in [-0.1, -0.05) is 18.2 Å². The second-order valence-corrected chi connectivity index (χ2v) is 4.89. The fourth-order valence-electron chi connectivity index (χ4n) is 2.39. The fourth-order valence-corrected chi connectivity index (χ4v) is 2.39. The molecule has 1 aromatic carbocycles. The van der Waals surface area contributed by atoms with Gasteiger partial charge in [0, 0.05) is 45.6 Å². The number of likely N-dealkylation sites (N-methyl/N-ethyl adjacent to an activating group) is 1. The molecular weight excluding hydrogens is 252 g/mol. The highest BCUT2D eigenvalue weighted by Gasteiger charge is 2.15. The molecule has 0 bridgehead atoms. The van der Waals surface area contributed by atoms with E-state index in [-0.39, 0.29) is 0 Å². The summed E-state index contributed by atoms with van der Waals surface area (Å²) in [6.45, 7) is 8.54. The lowest BCUT2D eigenvalue weighted by atomic mass is 10.1. The summed E-state index contributed by atoms with van der Waals surface area (Å²) in [5.41, 5.74) is 2.60. The average molecular weight is 280 g/mol. The summed E-state index contributed by atoms with van der Waals surface area (Å²) < 4.78 is 10.3. The summed E-state index contributed by atoms with van der Waals surface area (Å²) in [6.07, 6.45) is 0. The Morgan fingerprint density at radius 1 is 1.20 bits per heavy atom. The third kappa shape index (κ3) is 5.12. The SMILES string of the molecule is CCN(c1ccccc1CNCCOC)C(C)COC. The number of nitrogens with one attached hydrogen (secondary N) is 1. The van der Waals surface area contributed by atoms with E-state index in [1.807, 2.05) is 0 Å². The maximum Gasteiger partial charge on any atom is 0.0663 e. The Kier molecular flexibility index (Phi) is 8.26. The van der Waals surface area contributed by atoms with Crippen LogP contribution in [0.1, 0.15) is 19.4 Å². The maximum atomic E-state index is 5.29. The van der Waals surface area contributed by atoms with E-state index in [0.29, 0.717) is 6.04 Å². The molecule has 1 unspecified atom stereocenters. The summed E-state index contributed by atoms with van der Waals surface area (Å²) in [5, 5.41) is 3.41. The third-order valence-corrected chi connectivity index (χ3v) is 3.38. The first-order valence-corrected chi connectivity index (χ1v) is 7.27. The van der Waals surface area contributed by atoms with Crippen LogP contribution in [0.2, 0.25) is 0 Å². The van der Waals surface area contributed by atoms with Gasteiger partial charge in [-0.2, -0.15) is 0 Å². The quantitative estimate of drug-likeness (QED) is 0.667. The summed E-state index contributed by atoms with van der Waals surface area (Å²) in [5.74, 6) is 0. The van der Waals surface area contributed by atoms with Crippen molar-refractivity contribution in [3.05, 3.63) is 29.8 Å². The van der Waals surface area contributed by atoms with E-state index >= 15 is 0 Å². The van der Waals surface area contributed by atoms with Crippen LogP contribution in [0, 0.1) is 0 Å². The lowest BCUT2D eigenvalue weighted by Gasteiger charge is -2.31. The summed E-state index contributed by atoms with van der Waals surface area (Å²) in [7, 11) is 3.48. The first-order valence-electron chi connectivity index (χ1n) is 7.27. The molecule has 1 rings (SSSR count). The molecule has 1 aromatic rings. The van der Waals surface area contributed by atoms with Crippen LogP contribution in [-0.2, 0) is 16.0 Å².